The van der Waals surface area contributed by atoms with E-state index >= 15 is 0 Å². The zero-order valence-electron chi connectivity index (χ0n) is 13.0. The summed E-state index contributed by atoms with van der Waals surface area (Å²) in [6.45, 7) is 7.00. The van der Waals surface area contributed by atoms with Crippen molar-refractivity contribution in [3.05, 3.63) is 35.9 Å². The Hall–Kier alpha value is -0.710. The van der Waals surface area contributed by atoms with Crippen molar-refractivity contribution in [3.63, 3.8) is 0 Å². The molecule has 0 aliphatic heterocycles. The fourth-order valence-electron chi connectivity index (χ4n) is 1.70. The van der Waals surface area contributed by atoms with Crippen molar-refractivity contribution in [2.24, 2.45) is 0 Å². The van der Waals surface area contributed by atoms with Gasteiger partial charge in [-0.2, -0.15) is 0 Å². The van der Waals surface area contributed by atoms with Gasteiger partial charge in [0.1, 0.15) is 6.35 Å². The fourth-order valence-corrected chi connectivity index (χ4v) is 3.04. The Balaban J connectivity index is 2.26. The van der Waals surface area contributed by atoms with Crippen molar-refractivity contribution in [1.29, 1.82) is 0 Å². The van der Waals surface area contributed by atoms with Gasteiger partial charge in [-0.05, 0) is 26.3 Å². The lowest BCUT2D eigenvalue weighted by Gasteiger charge is -2.18. The predicted molar refractivity (Wildman–Crippen MR) is 82.4 cm³/mol. The van der Waals surface area contributed by atoms with Gasteiger partial charge in [0.15, 0.2) is 0 Å². The lowest BCUT2D eigenvalue weighted by molar-refractivity contribution is -0.00845. The van der Waals surface area contributed by atoms with Gasteiger partial charge in [-0.1, -0.05) is 30.3 Å². The molecule has 5 nitrogen and oxygen atoms in total. The maximum Gasteiger partial charge on any atom is 0.356 e. The molecule has 0 N–H and O–H groups in total. The second kappa shape index (κ2) is 10.1. The molecule has 1 aromatic carbocycles. The van der Waals surface area contributed by atoms with E-state index in [2.05, 4.69) is 0 Å². The van der Waals surface area contributed by atoms with Gasteiger partial charge < -0.3 is 18.5 Å². The van der Waals surface area contributed by atoms with Gasteiger partial charge in [-0.3, -0.25) is 4.57 Å². The third-order valence-corrected chi connectivity index (χ3v) is 4.43. The molecule has 0 bridgehead atoms. The Morgan fingerprint density at radius 1 is 1.10 bits per heavy atom. The summed E-state index contributed by atoms with van der Waals surface area (Å²) in [4.78, 5) is 0. The minimum Gasteiger partial charge on any atom is -0.371 e. The first kappa shape index (κ1) is 18.3. The highest BCUT2D eigenvalue weighted by Gasteiger charge is 2.24. The molecule has 0 saturated carbocycles. The summed E-state index contributed by atoms with van der Waals surface area (Å²) in [5.41, 5.74) is 1.11. The standard InChI is InChI=1S/C15H25O5P/c1-4-19-21(16,20-5-2)13-17-11-14(3)18-12-15-9-7-6-8-10-15/h6-10,14H,4-5,11-13H2,1-3H3/t14-/m1/s1. The summed E-state index contributed by atoms with van der Waals surface area (Å²) in [6.07, 6.45) is -0.143. The van der Waals surface area contributed by atoms with Crippen LogP contribution in [-0.4, -0.2) is 32.3 Å². The van der Waals surface area contributed by atoms with E-state index in [-0.39, 0.29) is 12.5 Å². The van der Waals surface area contributed by atoms with E-state index in [0.717, 1.165) is 5.56 Å². The van der Waals surface area contributed by atoms with Gasteiger partial charge in [-0.15, -0.1) is 0 Å². The van der Waals surface area contributed by atoms with Crippen molar-refractivity contribution in [1.82, 2.24) is 0 Å². The van der Waals surface area contributed by atoms with Crippen LogP contribution < -0.4 is 0 Å². The molecule has 0 saturated heterocycles. The quantitative estimate of drug-likeness (QED) is 0.581. The summed E-state index contributed by atoms with van der Waals surface area (Å²) in [7, 11) is -3.13. The van der Waals surface area contributed by atoms with Crippen LogP contribution in [-0.2, 0) is 29.7 Å². The van der Waals surface area contributed by atoms with Gasteiger partial charge in [0.25, 0.3) is 0 Å². The summed E-state index contributed by atoms with van der Waals surface area (Å²) in [5.74, 6) is 0. The minimum atomic E-state index is -3.13. The normalized spacial score (nSPS) is 13.3. The summed E-state index contributed by atoms with van der Waals surface area (Å²) in [6, 6.07) is 9.92. The molecular weight excluding hydrogens is 291 g/mol. The maximum atomic E-state index is 12.2. The van der Waals surface area contributed by atoms with Crippen molar-refractivity contribution in [2.45, 2.75) is 33.5 Å². The van der Waals surface area contributed by atoms with E-state index in [1.807, 2.05) is 37.3 Å². The second-order valence-electron chi connectivity index (χ2n) is 4.55. The van der Waals surface area contributed by atoms with Crippen LogP contribution in [0.2, 0.25) is 0 Å². The number of benzene rings is 1. The second-order valence-corrected chi connectivity index (χ2v) is 6.55. The average Bonchev–Trinajstić information content (AvgIpc) is 2.47. The molecule has 0 unspecified atom stereocenters. The Bertz CT molecular complexity index is 413. The molecule has 1 rings (SSSR count). The predicted octanol–water partition coefficient (Wildman–Crippen LogP) is 3.83. The van der Waals surface area contributed by atoms with Gasteiger partial charge in [0.2, 0.25) is 0 Å². The van der Waals surface area contributed by atoms with Gasteiger partial charge in [-0.25, -0.2) is 0 Å². The minimum absolute atomic E-state index is 0.0479. The first-order valence-corrected chi connectivity index (χ1v) is 8.93. The van der Waals surface area contributed by atoms with Crippen LogP contribution in [0.15, 0.2) is 30.3 Å². The average molecular weight is 316 g/mol. The highest BCUT2D eigenvalue weighted by molar-refractivity contribution is 7.53. The monoisotopic (exact) mass is 316 g/mol. The van der Waals surface area contributed by atoms with E-state index in [0.29, 0.717) is 26.4 Å². The van der Waals surface area contributed by atoms with Crippen LogP contribution in [0.25, 0.3) is 0 Å². The molecule has 1 atom stereocenters. The molecule has 0 aromatic heterocycles. The molecule has 0 aliphatic rings. The summed E-state index contributed by atoms with van der Waals surface area (Å²) >= 11 is 0. The highest BCUT2D eigenvalue weighted by atomic mass is 31.2. The smallest absolute Gasteiger partial charge is 0.356 e. The molecule has 120 valence electrons. The van der Waals surface area contributed by atoms with E-state index < -0.39 is 7.60 Å². The number of rotatable bonds is 11. The summed E-state index contributed by atoms with van der Waals surface area (Å²) < 4.78 is 33.5. The first-order valence-electron chi connectivity index (χ1n) is 7.21. The van der Waals surface area contributed by atoms with Crippen molar-refractivity contribution in [2.75, 3.05) is 26.2 Å². The molecular formula is C15H25O5P. The third kappa shape index (κ3) is 7.74. The maximum absolute atomic E-state index is 12.2. The van der Waals surface area contributed by atoms with Gasteiger partial charge >= 0.3 is 7.60 Å². The molecule has 0 spiro atoms. The van der Waals surface area contributed by atoms with Gasteiger partial charge in [0.05, 0.1) is 32.5 Å². The van der Waals surface area contributed by atoms with Crippen molar-refractivity contribution in [3.8, 4) is 0 Å². The van der Waals surface area contributed by atoms with E-state index in [9.17, 15) is 4.57 Å². The van der Waals surface area contributed by atoms with Crippen molar-refractivity contribution >= 4 is 7.60 Å². The lowest BCUT2D eigenvalue weighted by Crippen LogP contribution is -2.17. The van der Waals surface area contributed by atoms with Crippen LogP contribution in [0.5, 0.6) is 0 Å². The Morgan fingerprint density at radius 3 is 2.29 bits per heavy atom. The molecule has 0 amide bonds. The number of ether oxygens (including phenoxy) is 2. The van der Waals surface area contributed by atoms with Gasteiger partial charge in [0, 0.05) is 0 Å². The highest BCUT2D eigenvalue weighted by Crippen LogP contribution is 2.47. The fraction of sp³-hybridized carbons (Fsp3) is 0.600. The van der Waals surface area contributed by atoms with E-state index in [1.165, 1.54) is 0 Å². The van der Waals surface area contributed by atoms with Crippen molar-refractivity contribution < 1.29 is 23.1 Å². The van der Waals surface area contributed by atoms with E-state index in [1.54, 1.807) is 13.8 Å². The molecule has 0 fully saturated rings. The topological polar surface area (TPSA) is 54.0 Å². The van der Waals surface area contributed by atoms with E-state index in [4.69, 9.17) is 18.5 Å². The van der Waals surface area contributed by atoms with Crippen LogP contribution in [0.4, 0.5) is 0 Å². The SMILES string of the molecule is CCOP(=O)(COC[C@@H](C)OCc1ccccc1)OCC. The zero-order valence-corrected chi connectivity index (χ0v) is 13.9. The number of hydrogen-bond donors (Lipinski definition) is 0. The molecule has 6 heteroatoms. The molecule has 0 heterocycles. The molecule has 0 aliphatic carbocycles. The Kier molecular flexibility index (Phi) is 8.81. The third-order valence-electron chi connectivity index (χ3n) is 2.63. The molecule has 1 aromatic rings. The molecule has 0 radical (unpaired) electrons. The largest absolute Gasteiger partial charge is 0.371 e. The summed E-state index contributed by atoms with van der Waals surface area (Å²) in [5, 5.41) is 0. The Morgan fingerprint density at radius 2 is 1.71 bits per heavy atom. The lowest BCUT2D eigenvalue weighted by atomic mass is 10.2. The first-order chi connectivity index (χ1) is 10.1. The Labute approximate surface area is 127 Å². The van der Waals surface area contributed by atoms with Crippen LogP contribution in [0, 0.1) is 0 Å². The number of hydrogen-bond acceptors (Lipinski definition) is 5. The zero-order chi connectivity index (χ0) is 15.6. The molecule has 21 heavy (non-hydrogen) atoms. The van der Waals surface area contributed by atoms with Crippen LogP contribution >= 0.6 is 7.60 Å². The van der Waals surface area contributed by atoms with Crippen LogP contribution in [0.3, 0.4) is 0 Å². The van der Waals surface area contributed by atoms with Crippen LogP contribution in [0.1, 0.15) is 26.3 Å².